The van der Waals surface area contributed by atoms with Crippen LogP contribution in [0.25, 0.3) is 0 Å². The minimum atomic E-state index is -0.180. The third kappa shape index (κ3) is 4.36. The van der Waals surface area contributed by atoms with Crippen molar-refractivity contribution in [3.63, 3.8) is 0 Å². The number of benzene rings is 1. The lowest BCUT2D eigenvalue weighted by molar-refractivity contribution is 0.0864. The lowest BCUT2D eigenvalue weighted by Crippen LogP contribution is -2.47. The molecule has 0 bridgehead atoms. The van der Waals surface area contributed by atoms with E-state index in [1.807, 2.05) is 31.2 Å². The molecule has 1 atom stereocenters. The number of hydrogen-bond donors (Lipinski definition) is 1. The number of carbonyl (C=O) groups excluding carboxylic acids is 1. The second kappa shape index (κ2) is 7.81. The van der Waals surface area contributed by atoms with E-state index in [9.17, 15) is 4.79 Å². The van der Waals surface area contributed by atoms with Gasteiger partial charge in [0.05, 0.1) is 5.69 Å². The number of aromatic nitrogens is 1. The molecule has 0 saturated carbocycles. The summed E-state index contributed by atoms with van der Waals surface area (Å²) in [6.45, 7) is 4.72. The molecule has 24 heavy (non-hydrogen) atoms. The fourth-order valence-electron chi connectivity index (χ4n) is 3.01. The van der Waals surface area contributed by atoms with E-state index in [2.05, 4.69) is 15.4 Å². The molecular formula is C18H22ClN3O2. The molecule has 1 aliphatic rings. The first-order valence-electron chi connectivity index (χ1n) is 8.37. The number of aryl methyl sites for hydroxylation is 1. The zero-order valence-corrected chi connectivity index (χ0v) is 14.6. The zero-order chi connectivity index (χ0) is 16.9. The molecule has 1 saturated heterocycles. The normalized spacial score (nSPS) is 18.5. The first-order chi connectivity index (χ1) is 11.6. The number of piperidine rings is 1. The molecule has 0 aliphatic carbocycles. The second-order valence-electron chi connectivity index (χ2n) is 6.21. The van der Waals surface area contributed by atoms with Gasteiger partial charge in [-0.3, -0.25) is 9.69 Å². The molecule has 2 aromatic rings. The highest BCUT2D eigenvalue weighted by molar-refractivity contribution is 6.30. The van der Waals surface area contributed by atoms with Crippen molar-refractivity contribution in [2.45, 2.75) is 38.8 Å². The number of hydrogen-bond acceptors (Lipinski definition) is 4. The fourth-order valence-corrected chi connectivity index (χ4v) is 3.13. The molecular weight excluding hydrogens is 326 g/mol. The zero-order valence-electron chi connectivity index (χ0n) is 13.8. The molecule has 0 radical (unpaired) electrons. The Morgan fingerprint density at radius 1 is 1.42 bits per heavy atom. The molecule has 1 fully saturated rings. The van der Waals surface area contributed by atoms with Crippen molar-refractivity contribution in [1.29, 1.82) is 0 Å². The molecule has 1 aromatic carbocycles. The van der Waals surface area contributed by atoms with Gasteiger partial charge >= 0.3 is 0 Å². The molecule has 1 aliphatic heterocycles. The number of nitrogens with one attached hydrogen (secondary N) is 1. The van der Waals surface area contributed by atoms with Gasteiger partial charge in [0.25, 0.3) is 5.91 Å². The van der Waals surface area contributed by atoms with Gasteiger partial charge in [-0.05, 0) is 43.5 Å². The van der Waals surface area contributed by atoms with Crippen molar-refractivity contribution < 1.29 is 9.32 Å². The largest absolute Gasteiger partial charge is 0.351 e. The smallest absolute Gasteiger partial charge is 0.290 e. The van der Waals surface area contributed by atoms with Crippen LogP contribution in [-0.4, -0.2) is 35.1 Å². The summed E-state index contributed by atoms with van der Waals surface area (Å²) in [6.07, 6.45) is 2.81. The number of halogens is 1. The van der Waals surface area contributed by atoms with Crippen LogP contribution in [0.4, 0.5) is 0 Å². The molecule has 128 valence electrons. The third-order valence-electron chi connectivity index (χ3n) is 4.31. The van der Waals surface area contributed by atoms with E-state index in [0.29, 0.717) is 5.76 Å². The summed E-state index contributed by atoms with van der Waals surface area (Å²) < 4.78 is 5.10. The Morgan fingerprint density at radius 2 is 2.21 bits per heavy atom. The summed E-state index contributed by atoms with van der Waals surface area (Å²) in [4.78, 5) is 14.6. The molecule has 6 heteroatoms. The van der Waals surface area contributed by atoms with Crippen LogP contribution in [0.15, 0.2) is 34.9 Å². The Labute approximate surface area is 147 Å². The van der Waals surface area contributed by atoms with Crippen molar-refractivity contribution in [3.8, 4) is 0 Å². The maximum Gasteiger partial charge on any atom is 0.290 e. The average molecular weight is 348 g/mol. The minimum absolute atomic E-state index is 0.133. The van der Waals surface area contributed by atoms with Crippen molar-refractivity contribution in [1.82, 2.24) is 15.4 Å². The summed E-state index contributed by atoms with van der Waals surface area (Å²) in [6, 6.07) is 9.76. The predicted molar refractivity (Wildman–Crippen MR) is 93.1 cm³/mol. The first-order valence-corrected chi connectivity index (χ1v) is 8.75. The monoisotopic (exact) mass is 347 g/mol. The maximum absolute atomic E-state index is 12.3. The van der Waals surface area contributed by atoms with Crippen molar-refractivity contribution in [3.05, 3.63) is 52.4 Å². The second-order valence-corrected chi connectivity index (χ2v) is 6.65. The van der Waals surface area contributed by atoms with Gasteiger partial charge in [0.1, 0.15) is 0 Å². The van der Waals surface area contributed by atoms with E-state index in [-0.39, 0.29) is 11.9 Å². The van der Waals surface area contributed by atoms with Gasteiger partial charge < -0.3 is 9.84 Å². The quantitative estimate of drug-likeness (QED) is 0.901. The van der Waals surface area contributed by atoms with Crippen LogP contribution >= 0.6 is 11.6 Å². The average Bonchev–Trinajstić information content (AvgIpc) is 3.07. The van der Waals surface area contributed by atoms with Crippen LogP contribution in [-0.2, 0) is 13.0 Å². The van der Waals surface area contributed by atoms with Crippen LogP contribution < -0.4 is 5.32 Å². The lowest BCUT2D eigenvalue weighted by Gasteiger charge is -2.33. The number of rotatable bonds is 5. The number of amides is 1. The lowest BCUT2D eigenvalue weighted by atomic mass is 10.0. The van der Waals surface area contributed by atoms with Gasteiger partial charge in [-0.25, -0.2) is 0 Å². The molecule has 1 amide bonds. The Kier molecular flexibility index (Phi) is 5.53. The standard InChI is InChI=1S/C18H22ClN3O2/c1-2-15-10-17(24-21-15)18(23)20-16-4-3-9-22(12-16)11-13-5-7-14(19)8-6-13/h5-8,10,16H,2-4,9,11-12H2,1H3,(H,20,23)/t16-/m1/s1. The highest BCUT2D eigenvalue weighted by Gasteiger charge is 2.23. The van der Waals surface area contributed by atoms with E-state index in [1.54, 1.807) is 6.07 Å². The van der Waals surface area contributed by atoms with Gasteiger partial charge in [-0.15, -0.1) is 0 Å². The predicted octanol–water partition coefficient (Wildman–Crippen LogP) is 3.28. The van der Waals surface area contributed by atoms with Gasteiger partial charge in [0, 0.05) is 30.2 Å². The van der Waals surface area contributed by atoms with Crippen LogP contribution in [0.3, 0.4) is 0 Å². The number of nitrogens with zero attached hydrogens (tertiary/aromatic N) is 2. The molecule has 2 heterocycles. The Hall–Kier alpha value is -1.85. The van der Waals surface area contributed by atoms with E-state index in [4.69, 9.17) is 16.1 Å². The Balaban J connectivity index is 1.55. The summed E-state index contributed by atoms with van der Waals surface area (Å²) in [5.41, 5.74) is 2.03. The Morgan fingerprint density at radius 3 is 2.92 bits per heavy atom. The van der Waals surface area contributed by atoms with Gasteiger partial charge in [0.2, 0.25) is 5.76 Å². The van der Waals surface area contributed by atoms with Crippen molar-refractivity contribution >= 4 is 17.5 Å². The Bertz CT molecular complexity index is 684. The summed E-state index contributed by atoms with van der Waals surface area (Å²) in [5, 5.41) is 7.68. The van der Waals surface area contributed by atoms with E-state index >= 15 is 0 Å². The minimum Gasteiger partial charge on any atom is -0.351 e. The van der Waals surface area contributed by atoms with E-state index < -0.39 is 0 Å². The fraction of sp³-hybridized carbons (Fsp3) is 0.444. The topological polar surface area (TPSA) is 58.4 Å². The number of likely N-dealkylation sites (tertiary alicyclic amines) is 1. The molecule has 5 nitrogen and oxygen atoms in total. The molecule has 0 spiro atoms. The van der Waals surface area contributed by atoms with Crippen LogP contribution in [0.1, 0.15) is 41.6 Å². The van der Waals surface area contributed by atoms with E-state index in [1.165, 1.54) is 5.56 Å². The SMILES string of the molecule is CCc1cc(C(=O)N[C@@H]2CCCN(Cc3ccc(Cl)cc3)C2)on1. The highest BCUT2D eigenvalue weighted by atomic mass is 35.5. The van der Waals surface area contributed by atoms with E-state index in [0.717, 1.165) is 49.6 Å². The van der Waals surface area contributed by atoms with Gasteiger partial charge in [-0.1, -0.05) is 35.8 Å². The highest BCUT2D eigenvalue weighted by Crippen LogP contribution is 2.16. The van der Waals surface area contributed by atoms with Crippen molar-refractivity contribution in [2.24, 2.45) is 0 Å². The third-order valence-corrected chi connectivity index (χ3v) is 4.56. The van der Waals surface area contributed by atoms with Crippen molar-refractivity contribution in [2.75, 3.05) is 13.1 Å². The van der Waals surface area contributed by atoms with Gasteiger partial charge in [-0.2, -0.15) is 0 Å². The summed E-state index contributed by atoms with van der Waals surface area (Å²) in [5.74, 6) is 0.113. The molecule has 1 aromatic heterocycles. The van der Waals surface area contributed by atoms with Gasteiger partial charge in [0.15, 0.2) is 0 Å². The molecule has 3 rings (SSSR count). The molecule has 1 N–H and O–H groups in total. The summed E-state index contributed by atoms with van der Waals surface area (Å²) in [7, 11) is 0. The summed E-state index contributed by atoms with van der Waals surface area (Å²) >= 11 is 5.93. The van der Waals surface area contributed by atoms with Crippen LogP contribution in [0.2, 0.25) is 5.02 Å². The van der Waals surface area contributed by atoms with Crippen LogP contribution in [0, 0.1) is 0 Å². The molecule has 0 unspecified atom stereocenters. The van der Waals surface area contributed by atoms with Crippen LogP contribution in [0.5, 0.6) is 0 Å². The number of carbonyl (C=O) groups is 1. The maximum atomic E-state index is 12.3. The first kappa shape index (κ1) is 17.0.